The molecule has 318 valence electrons. The summed E-state index contributed by atoms with van der Waals surface area (Å²) in [4.78, 5) is 56.5. The van der Waals surface area contributed by atoms with Gasteiger partial charge in [0.2, 0.25) is 6.79 Å². The second kappa shape index (κ2) is 17.9. The molecule has 2 saturated carbocycles. The third kappa shape index (κ3) is 7.89. The van der Waals surface area contributed by atoms with Crippen molar-refractivity contribution in [3.8, 4) is 11.5 Å². The fourth-order valence-electron chi connectivity index (χ4n) is 9.99. The Hall–Kier alpha value is -2.28. The summed E-state index contributed by atoms with van der Waals surface area (Å²) in [5.74, 6) is -4.48. The summed E-state index contributed by atoms with van der Waals surface area (Å²) < 4.78 is 28.9. The van der Waals surface area contributed by atoms with E-state index in [1.54, 1.807) is 74.5 Å². The van der Waals surface area contributed by atoms with Gasteiger partial charge < -0.3 is 54.5 Å². The maximum absolute atomic E-state index is 14.8. The number of carbonyl (C=O) groups is 4. The van der Waals surface area contributed by atoms with Crippen molar-refractivity contribution in [2.24, 2.45) is 16.7 Å². The van der Waals surface area contributed by atoms with Crippen LogP contribution in [0.1, 0.15) is 72.9 Å². The largest absolute Gasteiger partial charge is 0.456 e. The fourth-order valence-corrected chi connectivity index (χ4v) is 9.99. The molecule has 0 aromatic heterocycles. The summed E-state index contributed by atoms with van der Waals surface area (Å²) in [6, 6.07) is 19.2. The standard InChI is InChI=1S/C44H47NO14.2Ac/c1-22-28(58-40(52)34(48)32(45-38(50)23-11-7-5-8-12-23)25-15-16-26-27(17-25)57-21-56-26)19-44(54)37(59-39(51)24-13-9-6-10-14-24)35-42(4,29(46)18-30-43(35,53)20-55-30)36(49)33(47)31(22)41(44,2)3;;/h5-17,28-30,32-35,37,46-48,53-54H,18-21H2,1-4H3,(H,45,50);;/t28?,29?,30?,32?,33?,34?,35?,37?,42-,43+,44?;;/m1../s1. The topological polar surface area (TPSA) is 228 Å². The number of nitrogens with one attached hydrogen (secondary N) is 1. The number of esters is 2. The van der Waals surface area contributed by atoms with Gasteiger partial charge in [0.1, 0.15) is 29.5 Å². The number of benzene rings is 3. The molecule has 3 aliphatic carbocycles. The van der Waals surface area contributed by atoms with Gasteiger partial charge in [-0.25, -0.2) is 9.59 Å². The fraction of sp³-hybridized carbons (Fsp3) is 0.455. The molecule has 1 saturated heterocycles. The molecule has 9 unspecified atom stereocenters. The Bertz CT molecular complexity index is 2220. The van der Waals surface area contributed by atoms with Crippen molar-refractivity contribution in [3.05, 3.63) is 107 Å². The summed E-state index contributed by atoms with van der Waals surface area (Å²) >= 11 is 0. The van der Waals surface area contributed by atoms with Gasteiger partial charge in [-0.1, -0.05) is 56.3 Å². The van der Waals surface area contributed by atoms with Gasteiger partial charge in [-0.15, -0.1) is 0 Å². The Balaban J connectivity index is 0.00000311. The van der Waals surface area contributed by atoms with Crippen LogP contribution in [-0.4, -0.2) is 110 Å². The van der Waals surface area contributed by atoms with Gasteiger partial charge in [0, 0.05) is 118 Å². The number of rotatable bonds is 8. The normalized spacial score (nSPS) is 32.7. The van der Waals surface area contributed by atoms with Gasteiger partial charge in [-0.3, -0.25) is 9.59 Å². The van der Waals surface area contributed by atoms with E-state index in [2.05, 4.69) is 5.32 Å². The number of fused-ring (bicyclic) bond motifs is 6. The number of aliphatic hydroxyl groups excluding tert-OH is 3. The third-order valence-corrected chi connectivity index (χ3v) is 13.5. The summed E-state index contributed by atoms with van der Waals surface area (Å²) in [5, 5.41) is 64.0. The molecule has 2 aliphatic heterocycles. The van der Waals surface area contributed by atoms with Crippen LogP contribution >= 0.6 is 0 Å². The predicted molar refractivity (Wildman–Crippen MR) is 205 cm³/mol. The van der Waals surface area contributed by atoms with Crippen molar-refractivity contribution in [1.29, 1.82) is 0 Å². The Morgan fingerprint density at radius 2 is 1.49 bits per heavy atom. The zero-order valence-electron chi connectivity index (χ0n) is 34.0. The van der Waals surface area contributed by atoms with E-state index >= 15 is 0 Å². The predicted octanol–water partition coefficient (Wildman–Crippen LogP) is 2.32. The van der Waals surface area contributed by atoms with E-state index in [0.717, 1.165) is 0 Å². The molecule has 2 heterocycles. The van der Waals surface area contributed by atoms with Gasteiger partial charge in [0.25, 0.3) is 5.91 Å². The van der Waals surface area contributed by atoms with E-state index in [4.69, 9.17) is 23.7 Å². The van der Waals surface area contributed by atoms with Crippen LogP contribution in [0.3, 0.4) is 0 Å². The molecule has 8 rings (SSSR count). The number of hydrogen-bond donors (Lipinski definition) is 6. The smallest absolute Gasteiger partial charge is 0.338 e. The van der Waals surface area contributed by atoms with E-state index in [9.17, 15) is 44.7 Å². The minimum absolute atomic E-state index is 0. The van der Waals surface area contributed by atoms with Crippen LogP contribution in [0, 0.1) is 105 Å². The maximum Gasteiger partial charge on any atom is 0.338 e. The summed E-state index contributed by atoms with van der Waals surface area (Å²) in [5.41, 5.74) is -7.14. The molecule has 3 fully saturated rings. The van der Waals surface area contributed by atoms with Crippen LogP contribution < -0.4 is 14.8 Å². The Morgan fingerprint density at radius 3 is 2.11 bits per heavy atom. The van der Waals surface area contributed by atoms with Crippen LogP contribution in [0.2, 0.25) is 0 Å². The molecule has 11 atom stereocenters. The number of ketones is 1. The Kier molecular flexibility index (Phi) is 14.2. The van der Waals surface area contributed by atoms with Gasteiger partial charge in [-0.2, -0.15) is 0 Å². The molecule has 3 aromatic rings. The molecule has 17 heteroatoms. The first kappa shape index (κ1) is 48.2. The first-order chi connectivity index (χ1) is 27.9. The van der Waals surface area contributed by atoms with Crippen LogP contribution in [0.5, 0.6) is 11.5 Å². The third-order valence-electron chi connectivity index (χ3n) is 13.5. The van der Waals surface area contributed by atoms with E-state index in [-0.39, 0.29) is 136 Å². The molecular weight excluding hydrogens is 1220 g/mol. The maximum atomic E-state index is 14.8. The molecule has 15 nitrogen and oxygen atoms in total. The van der Waals surface area contributed by atoms with Crippen LogP contribution in [0.15, 0.2) is 90.0 Å². The summed E-state index contributed by atoms with van der Waals surface area (Å²) in [7, 11) is 0. The van der Waals surface area contributed by atoms with E-state index in [1.807, 2.05) is 0 Å². The minimum Gasteiger partial charge on any atom is -0.456 e. The minimum atomic E-state index is -2.33. The van der Waals surface area contributed by atoms with E-state index < -0.39 is 101 Å². The van der Waals surface area contributed by atoms with E-state index in [0.29, 0.717) is 11.5 Å². The molecule has 5 aliphatic rings. The number of aliphatic hydroxyl groups is 5. The van der Waals surface area contributed by atoms with Gasteiger partial charge >= 0.3 is 11.9 Å². The molecular formula is C44H47Ac2NO14. The zero-order valence-corrected chi connectivity index (χ0v) is 43.5. The molecule has 2 bridgehead atoms. The van der Waals surface area contributed by atoms with Gasteiger partial charge in [0.15, 0.2) is 23.4 Å². The Morgan fingerprint density at radius 1 is 0.869 bits per heavy atom. The van der Waals surface area contributed by atoms with Crippen molar-refractivity contribution >= 4 is 23.6 Å². The second-order valence-corrected chi connectivity index (χ2v) is 16.9. The van der Waals surface area contributed by atoms with E-state index in [1.165, 1.54) is 32.0 Å². The Labute approximate surface area is 423 Å². The van der Waals surface area contributed by atoms with Crippen LogP contribution in [0.4, 0.5) is 0 Å². The van der Waals surface area contributed by atoms with Crippen molar-refractivity contribution in [3.63, 3.8) is 0 Å². The van der Waals surface area contributed by atoms with Crippen molar-refractivity contribution in [1.82, 2.24) is 5.32 Å². The van der Waals surface area contributed by atoms with Crippen LogP contribution in [0.25, 0.3) is 0 Å². The molecule has 2 radical (unpaired) electrons. The van der Waals surface area contributed by atoms with Crippen LogP contribution in [-0.2, 0) is 23.8 Å². The first-order valence-corrected chi connectivity index (χ1v) is 19.5. The summed E-state index contributed by atoms with van der Waals surface area (Å²) in [6.07, 6.45) is -10.5. The SMILES string of the molecule is CC1=C2C(O)C(=O)[C@]3(C)C(O)CC4OC[C@@]4(O)C3C(OC(=O)c3ccccc3)C(O)(CC1OC(=O)C(O)C(NC(=O)c1ccccc1)c1ccc3c(c1)OCO3)C2(C)C.[Ac].[Ac]. The summed E-state index contributed by atoms with van der Waals surface area (Å²) in [6.45, 7) is 5.61. The van der Waals surface area contributed by atoms with Crippen molar-refractivity contribution < 1.29 is 157 Å². The quantitative estimate of drug-likeness (QED) is 0.141. The second-order valence-electron chi connectivity index (χ2n) is 16.9. The van der Waals surface area contributed by atoms with Gasteiger partial charge in [0.05, 0.1) is 35.8 Å². The van der Waals surface area contributed by atoms with Gasteiger partial charge in [-0.05, 0) is 67.0 Å². The van der Waals surface area contributed by atoms with Crippen molar-refractivity contribution in [2.45, 2.75) is 94.4 Å². The zero-order chi connectivity index (χ0) is 42.2. The molecule has 1 amide bonds. The molecule has 3 aromatic carbocycles. The number of Topliss-reactive ketones (excluding diaryl/α,β-unsaturated/α-hetero) is 1. The monoisotopic (exact) mass is 1270 g/mol. The molecule has 0 spiro atoms. The average Bonchev–Trinajstić information content (AvgIpc) is 3.70. The first-order valence-electron chi connectivity index (χ1n) is 19.5. The molecule has 61 heavy (non-hydrogen) atoms. The number of hydrogen-bond acceptors (Lipinski definition) is 14. The molecule has 6 N–H and O–H groups in total. The number of amides is 1. The van der Waals surface area contributed by atoms with Crippen molar-refractivity contribution in [2.75, 3.05) is 13.4 Å². The number of carbonyl (C=O) groups excluding carboxylic acids is 4. The number of ether oxygens (including phenoxy) is 5. The average molecular weight is 1270 g/mol.